The lowest BCUT2D eigenvalue weighted by Gasteiger charge is -2.28. The number of nitrogens with zero attached hydrogens (tertiary/aromatic N) is 3. The quantitative estimate of drug-likeness (QED) is 0.768. The molecule has 1 aromatic carbocycles. The number of nitrogens with one attached hydrogen (secondary N) is 1. The summed E-state index contributed by atoms with van der Waals surface area (Å²) in [4.78, 5) is 26.2. The molecule has 0 unspecified atom stereocenters. The van der Waals surface area contributed by atoms with E-state index in [-0.39, 0.29) is 11.4 Å². The molecule has 27 heavy (non-hydrogen) atoms. The smallest absolute Gasteiger partial charge is 0.255 e. The second-order valence-electron chi connectivity index (χ2n) is 6.50. The van der Waals surface area contributed by atoms with E-state index in [0.29, 0.717) is 48.8 Å². The van der Waals surface area contributed by atoms with Crippen LogP contribution in [0.3, 0.4) is 0 Å². The average Bonchev–Trinajstić information content (AvgIpc) is 2.70. The Bertz CT molecular complexity index is 1020. The maximum Gasteiger partial charge on any atom is 0.255 e. The minimum Gasteiger partial charge on any atom is -0.497 e. The first-order chi connectivity index (χ1) is 13.1. The number of hydrogen-bond acceptors (Lipinski definition) is 5. The van der Waals surface area contributed by atoms with Gasteiger partial charge in [-0.2, -0.15) is 0 Å². The van der Waals surface area contributed by atoms with Gasteiger partial charge in [0.25, 0.3) is 5.56 Å². The lowest BCUT2D eigenvalue weighted by Crippen LogP contribution is -2.35. The van der Waals surface area contributed by atoms with Crippen molar-refractivity contribution in [3.8, 4) is 17.1 Å². The molecular formula is C20H19FN4O2. The molecule has 0 saturated carbocycles. The number of fused-ring (bicyclic) bond motifs is 1. The number of aromatic nitrogens is 3. The van der Waals surface area contributed by atoms with Gasteiger partial charge in [-0.1, -0.05) is 0 Å². The lowest BCUT2D eigenvalue weighted by atomic mass is 10.1. The number of H-pyrrole nitrogens is 1. The van der Waals surface area contributed by atoms with Crippen molar-refractivity contribution in [2.24, 2.45) is 0 Å². The van der Waals surface area contributed by atoms with Crippen LogP contribution >= 0.6 is 0 Å². The van der Waals surface area contributed by atoms with Crippen molar-refractivity contribution in [3.05, 3.63) is 75.7 Å². The molecule has 1 aliphatic heterocycles. The second kappa shape index (κ2) is 7.28. The molecule has 6 nitrogen and oxygen atoms in total. The van der Waals surface area contributed by atoms with Crippen molar-refractivity contribution in [1.29, 1.82) is 0 Å². The molecule has 0 aliphatic carbocycles. The van der Waals surface area contributed by atoms with Crippen LogP contribution in [0.2, 0.25) is 0 Å². The maximum absolute atomic E-state index is 14.1. The van der Waals surface area contributed by atoms with Gasteiger partial charge < -0.3 is 9.72 Å². The Morgan fingerprint density at radius 2 is 2.22 bits per heavy atom. The minimum atomic E-state index is -0.277. The molecule has 2 aromatic heterocycles. The first-order valence-corrected chi connectivity index (χ1v) is 8.71. The first kappa shape index (κ1) is 17.4. The van der Waals surface area contributed by atoms with Crippen molar-refractivity contribution in [2.45, 2.75) is 19.5 Å². The highest BCUT2D eigenvalue weighted by Crippen LogP contribution is 2.22. The molecule has 3 aromatic rings. The van der Waals surface area contributed by atoms with Gasteiger partial charge in [0, 0.05) is 49.6 Å². The zero-order chi connectivity index (χ0) is 18.8. The molecule has 0 fully saturated rings. The Balaban J connectivity index is 1.58. The number of aromatic amines is 1. The van der Waals surface area contributed by atoms with Crippen LogP contribution in [0.5, 0.6) is 5.75 Å². The molecule has 3 heterocycles. The van der Waals surface area contributed by atoms with E-state index in [1.165, 1.54) is 6.07 Å². The number of pyridine rings is 1. The van der Waals surface area contributed by atoms with Crippen molar-refractivity contribution in [3.63, 3.8) is 0 Å². The number of methoxy groups -OCH3 is 1. The van der Waals surface area contributed by atoms with E-state index in [1.807, 2.05) is 11.0 Å². The van der Waals surface area contributed by atoms with E-state index in [2.05, 4.69) is 15.0 Å². The van der Waals surface area contributed by atoms with Crippen molar-refractivity contribution < 1.29 is 9.13 Å². The van der Waals surface area contributed by atoms with Gasteiger partial charge in [0.05, 0.1) is 18.4 Å². The molecule has 0 spiro atoms. The standard InChI is InChI=1S/C20H19FN4O2/c1-27-15-4-5-17(21)14(9-15)11-25-8-6-18-16(12-25)20(26)24-19(23-18)13-3-2-7-22-10-13/h2-5,7,9-10H,6,8,11-12H2,1H3,(H,23,24,26). The van der Waals surface area contributed by atoms with Crippen LogP contribution in [0.25, 0.3) is 11.4 Å². The minimum absolute atomic E-state index is 0.158. The summed E-state index contributed by atoms with van der Waals surface area (Å²) in [5, 5.41) is 0. The van der Waals surface area contributed by atoms with Gasteiger partial charge in [-0.05, 0) is 30.3 Å². The van der Waals surface area contributed by atoms with E-state index >= 15 is 0 Å². The topological polar surface area (TPSA) is 71.1 Å². The van der Waals surface area contributed by atoms with Crippen LogP contribution in [0.4, 0.5) is 4.39 Å². The molecular weight excluding hydrogens is 347 g/mol. The van der Waals surface area contributed by atoms with Gasteiger partial charge in [0.15, 0.2) is 0 Å². The lowest BCUT2D eigenvalue weighted by molar-refractivity contribution is 0.238. The van der Waals surface area contributed by atoms with E-state index in [9.17, 15) is 9.18 Å². The van der Waals surface area contributed by atoms with E-state index in [1.54, 1.807) is 37.7 Å². The summed E-state index contributed by atoms with van der Waals surface area (Å²) >= 11 is 0. The maximum atomic E-state index is 14.1. The molecule has 0 amide bonds. The Hall–Kier alpha value is -3.06. The Morgan fingerprint density at radius 1 is 1.33 bits per heavy atom. The molecule has 0 bridgehead atoms. The SMILES string of the molecule is COc1ccc(F)c(CN2CCc3nc(-c4cccnc4)[nH]c(=O)c3C2)c1. The van der Waals surface area contributed by atoms with Crippen LogP contribution in [-0.2, 0) is 19.5 Å². The summed E-state index contributed by atoms with van der Waals surface area (Å²) in [6.07, 6.45) is 3.99. The summed E-state index contributed by atoms with van der Waals surface area (Å²) in [6.45, 7) is 1.54. The van der Waals surface area contributed by atoms with E-state index in [4.69, 9.17) is 4.74 Å². The Kier molecular flexibility index (Phi) is 4.68. The van der Waals surface area contributed by atoms with Crippen LogP contribution < -0.4 is 10.3 Å². The third kappa shape index (κ3) is 3.59. The van der Waals surface area contributed by atoms with Gasteiger partial charge in [-0.25, -0.2) is 9.37 Å². The largest absolute Gasteiger partial charge is 0.497 e. The zero-order valence-corrected chi connectivity index (χ0v) is 14.9. The third-order valence-corrected chi connectivity index (χ3v) is 4.73. The number of halogens is 1. The number of benzene rings is 1. The second-order valence-corrected chi connectivity index (χ2v) is 6.50. The number of ether oxygens (including phenoxy) is 1. The summed E-state index contributed by atoms with van der Waals surface area (Å²) < 4.78 is 19.3. The fourth-order valence-corrected chi connectivity index (χ4v) is 3.30. The van der Waals surface area contributed by atoms with Crippen LogP contribution in [0.15, 0.2) is 47.5 Å². The normalized spacial score (nSPS) is 14.0. The summed E-state index contributed by atoms with van der Waals surface area (Å²) in [5.41, 5.74) is 2.60. The third-order valence-electron chi connectivity index (χ3n) is 4.73. The van der Waals surface area contributed by atoms with Gasteiger partial charge in [-0.3, -0.25) is 14.7 Å². The van der Waals surface area contributed by atoms with Gasteiger partial charge in [0.1, 0.15) is 17.4 Å². The molecule has 1 N–H and O–H groups in total. The number of hydrogen-bond donors (Lipinski definition) is 1. The Labute approximate surface area is 155 Å². The monoisotopic (exact) mass is 366 g/mol. The van der Waals surface area contributed by atoms with Crippen LogP contribution in [0.1, 0.15) is 16.8 Å². The predicted octanol–water partition coefficient (Wildman–Crippen LogP) is 2.54. The molecule has 0 saturated heterocycles. The summed E-state index contributed by atoms with van der Waals surface area (Å²) in [5.74, 6) is 0.865. The highest BCUT2D eigenvalue weighted by Gasteiger charge is 2.22. The fourth-order valence-electron chi connectivity index (χ4n) is 3.30. The van der Waals surface area contributed by atoms with Crippen molar-refractivity contribution in [1.82, 2.24) is 19.9 Å². The van der Waals surface area contributed by atoms with E-state index < -0.39 is 0 Å². The molecule has 4 rings (SSSR count). The van der Waals surface area contributed by atoms with Gasteiger partial charge >= 0.3 is 0 Å². The fraction of sp³-hybridized carbons (Fsp3) is 0.250. The molecule has 1 aliphatic rings. The molecule has 7 heteroatoms. The highest BCUT2D eigenvalue weighted by atomic mass is 19.1. The van der Waals surface area contributed by atoms with Crippen molar-refractivity contribution in [2.75, 3.05) is 13.7 Å². The summed E-state index contributed by atoms with van der Waals surface area (Å²) in [6, 6.07) is 8.36. The zero-order valence-electron chi connectivity index (χ0n) is 14.9. The van der Waals surface area contributed by atoms with Crippen LogP contribution in [0, 0.1) is 5.82 Å². The van der Waals surface area contributed by atoms with E-state index in [0.717, 1.165) is 11.3 Å². The summed E-state index contributed by atoms with van der Waals surface area (Å²) in [7, 11) is 1.55. The predicted molar refractivity (Wildman–Crippen MR) is 98.9 cm³/mol. The van der Waals surface area contributed by atoms with Gasteiger partial charge in [-0.15, -0.1) is 0 Å². The average molecular weight is 366 g/mol. The Morgan fingerprint density at radius 3 is 3.00 bits per heavy atom. The van der Waals surface area contributed by atoms with Gasteiger partial charge in [0.2, 0.25) is 0 Å². The highest BCUT2D eigenvalue weighted by molar-refractivity contribution is 5.53. The van der Waals surface area contributed by atoms with Crippen LogP contribution in [-0.4, -0.2) is 33.5 Å². The van der Waals surface area contributed by atoms with Crippen molar-refractivity contribution >= 4 is 0 Å². The molecule has 0 radical (unpaired) electrons. The first-order valence-electron chi connectivity index (χ1n) is 8.71. The molecule has 138 valence electrons. The number of rotatable bonds is 4. The molecule has 0 atom stereocenters.